The van der Waals surface area contributed by atoms with Crippen molar-refractivity contribution in [1.29, 1.82) is 0 Å². The van der Waals surface area contributed by atoms with Gasteiger partial charge in [0.15, 0.2) is 0 Å². The lowest BCUT2D eigenvalue weighted by atomic mass is 10.1. The van der Waals surface area contributed by atoms with Gasteiger partial charge in [0.25, 0.3) is 5.91 Å². The number of nitrogens with zero attached hydrogens (tertiary/aromatic N) is 2. The van der Waals surface area contributed by atoms with Crippen LogP contribution in [0.5, 0.6) is 0 Å². The Kier molecular flexibility index (Phi) is 7.08. The van der Waals surface area contributed by atoms with Gasteiger partial charge in [-0.1, -0.05) is 31.9 Å². The van der Waals surface area contributed by atoms with Crippen LogP contribution < -0.4 is 10.6 Å². The van der Waals surface area contributed by atoms with E-state index in [1.165, 1.54) is 7.11 Å². The van der Waals surface area contributed by atoms with Crippen molar-refractivity contribution in [2.24, 2.45) is 0 Å². The maximum Gasteiger partial charge on any atom is 0.339 e. The SMILES string of the molecule is CCCCCNc1nc(C)cc(C(=O)Nc2ccccc2C(=O)OC)n1. The number of methoxy groups -OCH3 is 1. The number of aryl methyl sites for hydroxylation is 1. The Balaban J connectivity index is 2.15. The van der Waals surface area contributed by atoms with E-state index in [0.717, 1.165) is 25.8 Å². The molecule has 0 bridgehead atoms. The first-order valence-corrected chi connectivity index (χ1v) is 8.63. The Morgan fingerprint density at radius 1 is 1.15 bits per heavy atom. The average molecular weight is 356 g/mol. The number of nitrogens with one attached hydrogen (secondary N) is 2. The number of anilines is 2. The highest BCUT2D eigenvalue weighted by Crippen LogP contribution is 2.17. The maximum atomic E-state index is 12.6. The number of rotatable bonds is 8. The normalized spacial score (nSPS) is 10.3. The molecule has 7 nitrogen and oxygen atoms in total. The number of carbonyl (C=O) groups excluding carboxylic acids is 2. The Hall–Kier alpha value is -2.96. The van der Waals surface area contributed by atoms with Crippen molar-refractivity contribution in [2.75, 3.05) is 24.3 Å². The molecule has 0 fully saturated rings. The van der Waals surface area contributed by atoms with Crippen LogP contribution in [0, 0.1) is 6.92 Å². The zero-order valence-corrected chi connectivity index (χ0v) is 15.3. The van der Waals surface area contributed by atoms with Crippen molar-refractivity contribution in [2.45, 2.75) is 33.1 Å². The first kappa shape index (κ1) is 19.4. The molecular weight excluding hydrogens is 332 g/mol. The van der Waals surface area contributed by atoms with Gasteiger partial charge in [-0.25, -0.2) is 14.8 Å². The molecule has 0 aliphatic rings. The fourth-order valence-electron chi connectivity index (χ4n) is 2.41. The number of ether oxygens (including phenoxy) is 1. The molecule has 0 radical (unpaired) electrons. The summed E-state index contributed by atoms with van der Waals surface area (Å²) in [5, 5.41) is 5.86. The Labute approximate surface area is 153 Å². The number of esters is 1. The topological polar surface area (TPSA) is 93.2 Å². The van der Waals surface area contributed by atoms with E-state index in [1.54, 1.807) is 37.3 Å². The third-order valence-electron chi connectivity index (χ3n) is 3.73. The molecule has 26 heavy (non-hydrogen) atoms. The molecule has 1 aromatic heterocycles. The molecule has 2 aromatic rings. The van der Waals surface area contributed by atoms with Crippen LogP contribution in [-0.2, 0) is 4.74 Å². The molecule has 1 heterocycles. The summed E-state index contributed by atoms with van der Waals surface area (Å²) in [7, 11) is 1.30. The molecule has 0 spiro atoms. The van der Waals surface area contributed by atoms with Gasteiger partial charge in [0.2, 0.25) is 5.95 Å². The van der Waals surface area contributed by atoms with Gasteiger partial charge in [-0.15, -0.1) is 0 Å². The standard InChI is InChI=1S/C19H24N4O3/c1-4-5-8-11-20-19-21-13(2)12-16(23-19)17(24)22-15-10-7-6-9-14(15)18(25)26-3/h6-7,9-10,12H,4-5,8,11H2,1-3H3,(H,22,24)(H,20,21,23). The molecule has 1 aromatic carbocycles. The second kappa shape index (κ2) is 9.50. The number of hydrogen-bond acceptors (Lipinski definition) is 6. The Morgan fingerprint density at radius 3 is 2.65 bits per heavy atom. The zero-order valence-electron chi connectivity index (χ0n) is 15.3. The van der Waals surface area contributed by atoms with E-state index in [-0.39, 0.29) is 11.3 Å². The van der Waals surface area contributed by atoms with E-state index in [1.807, 2.05) is 0 Å². The van der Waals surface area contributed by atoms with Crippen molar-refractivity contribution in [1.82, 2.24) is 9.97 Å². The third-order valence-corrected chi connectivity index (χ3v) is 3.73. The quantitative estimate of drug-likeness (QED) is 0.556. The first-order valence-electron chi connectivity index (χ1n) is 8.63. The summed E-state index contributed by atoms with van der Waals surface area (Å²) in [4.78, 5) is 33.0. The smallest absolute Gasteiger partial charge is 0.339 e. The predicted molar refractivity (Wildman–Crippen MR) is 101 cm³/mol. The molecule has 2 N–H and O–H groups in total. The predicted octanol–water partition coefficient (Wildman–Crippen LogP) is 3.43. The summed E-state index contributed by atoms with van der Waals surface area (Å²) in [6, 6.07) is 8.27. The molecule has 0 atom stereocenters. The third kappa shape index (κ3) is 5.27. The second-order valence-corrected chi connectivity index (χ2v) is 5.84. The number of amides is 1. The Bertz CT molecular complexity index is 777. The van der Waals surface area contributed by atoms with E-state index in [0.29, 0.717) is 17.3 Å². The van der Waals surface area contributed by atoms with Crippen molar-refractivity contribution >= 4 is 23.5 Å². The van der Waals surface area contributed by atoms with E-state index >= 15 is 0 Å². The lowest BCUT2D eigenvalue weighted by Crippen LogP contribution is -2.18. The van der Waals surface area contributed by atoms with Gasteiger partial charge >= 0.3 is 5.97 Å². The van der Waals surface area contributed by atoms with Gasteiger partial charge in [0.1, 0.15) is 5.69 Å². The highest BCUT2D eigenvalue weighted by atomic mass is 16.5. The number of unbranched alkanes of at least 4 members (excludes halogenated alkanes) is 2. The van der Waals surface area contributed by atoms with Crippen molar-refractivity contribution in [3.05, 3.63) is 47.3 Å². The average Bonchev–Trinajstić information content (AvgIpc) is 2.64. The van der Waals surface area contributed by atoms with E-state index in [4.69, 9.17) is 4.74 Å². The summed E-state index contributed by atoms with van der Waals surface area (Å²) >= 11 is 0. The van der Waals surface area contributed by atoms with Crippen LogP contribution in [0.3, 0.4) is 0 Å². The fraction of sp³-hybridized carbons (Fsp3) is 0.368. The molecule has 0 saturated carbocycles. The van der Waals surface area contributed by atoms with Gasteiger partial charge in [0.05, 0.1) is 18.4 Å². The van der Waals surface area contributed by atoms with Crippen LogP contribution in [-0.4, -0.2) is 35.5 Å². The molecule has 138 valence electrons. The lowest BCUT2D eigenvalue weighted by Gasteiger charge is -2.11. The monoisotopic (exact) mass is 356 g/mol. The van der Waals surface area contributed by atoms with Crippen LogP contribution in [0.15, 0.2) is 30.3 Å². The molecule has 0 aliphatic carbocycles. The van der Waals surface area contributed by atoms with Gasteiger partial charge in [0, 0.05) is 12.2 Å². The fourth-order valence-corrected chi connectivity index (χ4v) is 2.41. The van der Waals surface area contributed by atoms with Crippen molar-refractivity contribution < 1.29 is 14.3 Å². The number of aromatic nitrogens is 2. The minimum atomic E-state index is -0.516. The Morgan fingerprint density at radius 2 is 1.92 bits per heavy atom. The highest BCUT2D eigenvalue weighted by Gasteiger charge is 2.16. The minimum absolute atomic E-state index is 0.232. The lowest BCUT2D eigenvalue weighted by molar-refractivity contribution is 0.0602. The molecule has 0 unspecified atom stereocenters. The number of carbonyl (C=O) groups is 2. The van der Waals surface area contributed by atoms with Crippen molar-refractivity contribution in [3.63, 3.8) is 0 Å². The second-order valence-electron chi connectivity index (χ2n) is 5.84. The van der Waals surface area contributed by atoms with Gasteiger partial charge in [-0.3, -0.25) is 4.79 Å². The molecule has 0 saturated heterocycles. The highest BCUT2D eigenvalue weighted by molar-refractivity contribution is 6.07. The van der Waals surface area contributed by atoms with E-state index < -0.39 is 11.9 Å². The molecule has 0 aliphatic heterocycles. The number of hydrogen-bond donors (Lipinski definition) is 2. The van der Waals surface area contributed by atoms with Crippen LogP contribution in [0.25, 0.3) is 0 Å². The van der Waals surface area contributed by atoms with Crippen LogP contribution >= 0.6 is 0 Å². The molecule has 2 rings (SSSR count). The number of benzene rings is 1. The van der Waals surface area contributed by atoms with Crippen LogP contribution in [0.2, 0.25) is 0 Å². The van der Waals surface area contributed by atoms with E-state index in [9.17, 15) is 9.59 Å². The van der Waals surface area contributed by atoms with E-state index in [2.05, 4.69) is 27.5 Å². The van der Waals surface area contributed by atoms with Crippen LogP contribution in [0.1, 0.15) is 52.7 Å². The molecule has 7 heteroatoms. The molecule has 1 amide bonds. The largest absolute Gasteiger partial charge is 0.465 e. The van der Waals surface area contributed by atoms with Gasteiger partial charge in [-0.05, 0) is 31.5 Å². The van der Waals surface area contributed by atoms with Crippen molar-refractivity contribution in [3.8, 4) is 0 Å². The van der Waals surface area contributed by atoms with Crippen LogP contribution in [0.4, 0.5) is 11.6 Å². The summed E-state index contributed by atoms with van der Waals surface area (Å²) < 4.78 is 4.74. The molecular formula is C19H24N4O3. The number of para-hydroxylation sites is 1. The minimum Gasteiger partial charge on any atom is -0.465 e. The summed E-state index contributed by atoms with van der Waals surface area (Å²) in [5.41, 5.74) is 1.57. The maximum absolute atomic E-state index is 12.6. The summed E-state index contributed by atoms with van der Waals surface area (Å²) in [6.45, 7) is 4.69. The summed E-state index contributed by atoms with van der Waals surface area (Å²) in [6.07, 6.45) is 3.27. The summed E-state index contributed by atoms with van der Waals surface area (Å²) in [5.74, 6) is -0.506. The zero-order chi connectivity index (χ0) is 18.9. The first-order chi connectivity index (χ1) is 12.5. The van der Waals surface area contributed by atoms with Gasteiger partial charge < -0.3 is 15.4 Å². The van der Waals surface area contributed by atoms with Gasteiger partial charge in [-0.2, -0.15) is 0 Å².